The van der Waals surface area contributed by atoms with Crippen molar-refractivity contribution in [1.82, 2.24) is 20.0 Å². The molecule has 124 valence electrons. The van der Waals surface area contributed by atoms with Gasteiger partial charge in [0.15, 0.2) is 0 Å². The first-order valence-corrected chi connectivity index (χ1v) is 7.92. The summed E-state index contributed by atoms with van der Waals surface area (Å²) < 4.78 is 10.4. The average Bonchev–Trinajstić information content (AvgIpc) is 2.89. The maximum Gasteiger partial charge on any atom is 0.218 e. The number of hydrogen-bond donors (Lipinski definition) is 1. The number of rotatable bonds is 5. The topological polar surface area (TPSA) is 76.3 Å². The minimum Gasteiger partial charge on any atom is -0.481 e. The number of piperidine rings is 1. The molecule has 0 unspecified atom stereocenters. The summed E-state index contributed by atoms with van der Waals surface area (Å²) in [5.41, 5.74) is 2.22. The molecular formula is C16H23N5O2. The predicted octanol–water partition coefficient (Wildman–Crippen LogP) is 2.17. The zero-order valence-electron chi connectivity index (χ0n) is 13.9. The van der Waals surface area contributed by atoms with Gasteiger partial charge >= 0.3 is 0 Å². The molecule has 3 heterocycles. The SMILES string of the molecule is COc1cc(NC2CCN(Cc3c(C)noc3C)CC2)ncn1. The summed E-state index contributed by atoms with van der Waals surface area (Å²) in [7, 11) is 1.61. The van der Waals surface area contributed by atoms with E-state index in [0.717, 1.165) is 49.7 Å². The average molecular weight is 317 g/mol. The summed E-state index contributed by atoms with van der Waals surface area (Å²) in [6.45, 7) is 6.98. The molecule has 23 heavy (non-hydrogen) atoms. The summed E-state index contributed by atoms with van der Waals surface area (Å²) in [4.78, 5) is 10.7. The number of aryl methyl sites for hydroxylation is 2. The lowest BCUT2D eigenvalue weighted by Crippen LogP contribution is -2.39. The fourth-order valence-electron chi connectivity index (χ4n) is 2.93. The van der Waals surface area contributed by atoms with Crippen LogP contribution in [0.25, 0.3) is 0 Å². The Labute approximate surface area is 136 Å². The van der Waals surface area contributed by atoms with Gasteiger partial charge in [-0.25, -0.2) is 9.97 Å². The summed E-state index contributed by atoms with van der Waals surface area (Å²) in [5, 5.41) is 7.50. The maximum atomic E-state index is 5.24. The van der Waals surface area contributed by atoms with E-state index in [-0.39, 0.29) is 0 Å². The van der Waals surface area contributed by atoms with Crippen LogP contribution in [0, 0.1) is 13.8 Å². The standard InChI is InChI=1S/C16H23N5O2/c1-11-14(12(2)23-20-11)9-21-6-4-13(5-7-21)19-15-8-16(22-3)18-10-17-15/h8,10,13H,4-7,9H2,1-3H3,(H,17,18,19). The second kappa shape index (κ2) is 6.95. The molecule has 0 aromatic carbocycles. The summed E-state index contributed by atoms with van der Waals surface area (Å²) in [6, 6.07) is 2.26. The number of nitrogens with zero attached hydrogens (tertiary/aromatic N) is 4. The fraction of sp³-hybridized carbons (Fsp3) is 0.562. The van der Waals surface area contributed by atoms with E-state index in [1.807, 2.05) is 19.9 Å². The van der Waals surface area contributed by atoms with Crippen LogP contribution in [0.15, 0.2) is 16.9 Å². The third-order valence-corrected chi connectivity index (χ3v) is 4.35. The highest BCUT2D eigenvalue weighted by molar-refractivity contribution is 5.38. The quantitative estimate of drug-likeness (QED) is 0.905. The highest BCUT2D eigenvalue weighted by atomic mass is 16.5. The van der Waals surface area contributed by atoms with E-state index in [2.05, 4.69) is 25.3 Å². The van der Waals surface area contributed by atoms with Crippen LogP contribution in [0.3, 0.4) is 0 Å². The molecule has 0 saturated carbocycles. The Morgan fingerprint density at radius 3 is 2.74 bits per heavy atom. The van der Waals surface area contributed by atoms with Gasteiger partial charge in [-0.3, -0.25) is 4.90 Å². The summed E-state index contributed by atoms with van der Waals surface area (Å²) >= 11 is 0. The molecule has 1 saturated heterocycles. The first kappa shape index (κ1) is 15.7. The molecule has 0 aliphatic carbocycles. The summed E-state index contributed by atoms with van der Waals surface area (Å²) in [5.74, 6) is 2.33. The van der Waals surface area contributed by atoms with Crippen LogP contribution in [0.2, 0.25) is 0 Å². The number of nitrogens with one attached hydrogen (secondary N) is 1. The van der Waals surface area contributed by atoms with Gasteiger partial charge in [-0.05, 0) is 26.7 Å². The molecule has 1 aliphatic rings. The smallest absolute Gasteiger partial charge is 0.218 e. The number of aromatic nitrogens is 3. The molecule has 1 aliphatic heterocycles. The molecule has 0 atom stereocenters. The molecule has 0 radical (unpaired) electrons. The number of anilines is 1. The van der Waals surface area contributed by atoms with Crippen molar-refractivity contribution in [2.45, 2.75) is 39.3 Å². The van der Waals surface area contributed by atoms with Crippen molar-refractivity contribution in [3.05, 3.63) is 29.4 Å². The van der Waals surface area contributed by atoms with Crippen molar-refractivity contribution in [3.63, 3.8) is 0 Å². The molecule has 0 spiro atoms. The highest BCUT2D eigenvalue weighted by Crippen LogP contribution is 2.21. The van der Waals surface area contributed by atoms with E-state index in [1.165, 1.54) is 11.9 Å². The maximum absolute atomic E-state index is 5.24. The van der Waals surface area contributed by atoms with Crippen LogP contribution in [-0.2, 0) is 6.54 Å². The predicted molar refractivity (Wildman–Crippen MR) is 86.5 cm³/mol. The zero-order valence-corrected chi connectivity index (χ0v) is 13.9. The number of ether oxygens (including phenoxy) is 1. The minimum absolute atomic E-state index is 0.426. The third kappa shape index (κ3) is 3.79. The molecule has 1 N–H and O–H groups in total. The largest absolute Gasteiger partial charge is 0.481 e. The summed E-state index contributed by atoms with van der Waals surface area (Å²) in [6.07, 6.45) is 3.68. The molecule has 7 heteroatoms. The Hall–Kier alpha value is -2.15. The van der Waals surface area contributed by atoms with Gasteiger partial charge in [0, 0.05) is 37.3 Å². The van der Waals surface area contributed by atoms with Gasteiger partial charge in [0.05, 0.1) is 12.8 Å². The van der Waals surface area contributed by atoms with Crippen molar-refractivity contribution in [1.29, 1.82) is 0 Å². The van der Waals surface area contributed by atoms with E-state index >= 15 is 0 Å². The Balaban J connectivity index is 1.52. The van der Waals surface area contributed by atoms with E-state index in [9.17, 15) is 0 Å². The van der Waals surface area contributed by atoms with Crippen molar-refractivity contribution in [2.24, 2.45) is 0 Å². The van der Waals surface area contributed by atoms with E-state index in [1.54, 1.807) is 7.11 Å². The van der Waals surface area contributed by atoms with Crippen molar-refractivity contribution in [3.8, 4) is 5.88 Å². The zero-order chi connectivity index (χ0) is 16.2. The Morgan fingerprint density at radius 1 is 1.30 bits per heavy atom. The lowest BCUT2D eigenvalue weighted by molar-refractivity contribution is 0.210. The van der Waals surface area contributed by atoms with Crippen LogP contribution in [-0.4, -0.2) is 46.3 Å². The van der Waals surface area contributed by atoms with Crippen LogP contribution >= 0.6 is 0 Å². The van der Waals surface area contributed by atoms with Crippen molar-refractivity contribution < 1.29 is 9.26 Å². The normalized spacial score (nSPS) is 16.5. The van der Waals surface area contributed by atoms with Gasteiger partial charge in [0.2, 0.25) is 5.88 Å². The van der Waals surface area contributed by atoms with E-state index in [4.69, 9.17) is 9.26 Å². The Bertz CT molecular complexity index is 630. The van der Waals surface area contributed by atoms with Gasteiger partial charge < -0.3 is 14.6 Å². The van der Waals surface area contributed by atoms with E-state index in [0.29, 0.717) is 11.9 Å². The highest BCUT2D eigenvalue weighted by Gasteiger charge is 2.21. The van der Waals surface area contributed by atoms with E-state index < -0.39 is 0 Å². The first-order chi connectivity index (χ1) is 11.2. The Kier molecular flexibility index (Phi) is 4.76. The van der Waals surface area contributed by atoms with Gasteiger partial charge in [0.25, 0.3) is 0 Å². The monoisotopic (exact) mass is 317 g/mol. The minimum atomic E-state index is 0.426. The van der Waals surface area contributed by atoms with Crippen molar-refractivity contribution in [2.75, 3.05) is 25.5 Å². The van der Waals surface area contributed by atoms with Crippen LogP contribution < -0.4 is 10.1 Å². The Morgan fingerprint density at radius 2 is 2.09 bits per heavy atom. The molecule has 1 fully saturated rings. The molecule has 0 bridgehead atoms. The number of methoxy groups -OCH3 is 1. The molecule has 7 nitrogen and oxygen atoms in total. The molecule has 0 amide bonds. The van der Waals surface area contributed by atoms with Crippen molar-refractivity contribution >= 4 is 5.82 Å². The molecule has 3 rings (SSSR count). The number of likely N-dealkylation sites (tertiary alicyclic amines) is 1. The van der Waals surface area contributed by atoms with Gasteiger partial charge in [-0.2, -0.15) is 0 Å². The van der Waals surface area contributed by atoms with Gasteiger partial charge in [-0.15, -0.1) is 0 Å². The lowest BCUT2D eigenvalue weighted by Gasteiger charge is -2.32. The van der Waals surface area contributed by atoms with Gasteiger partial charge in [0.1, 0.15) is 17.9 Å². The van der Waals surface area contributed by atoms with Crippen LogP contribution in [0.5, 0.6) is 5.88 Å². The van der Waals surface area contributed by atoms with Gasteiger partial charge in [-0.1, -0.05) is 5.16 Å². The van der Waals surface area contributed by atoms with Crippen LogP contribution in [0.1, 0.15) is 29.9 Å². The second-order valence-corrected chi connectivity index (χ2v) is 5.94. The molecule has 2 aromatic rings. The molecular weight excluding hydrogens is 294 g/mol. The number of hydrogen-bond acceptors (Lipinski definition) is 7. The molecule has 2 aromatic heterocycles. The fourth-order valence-corrected chi connectivity index (χ4v) is 2.93. The van der Waals surface area contributed by atoms with Crippen LogP contribution in [0.4, 0.5) is 5.82 Å². The second-order valence-electron chi connectivity index (χ2n) is 5.94. The third-order valence-electron chi connectivity index (χ3n) is 4.35. The first-order valence-electron chi connectivity index (χ1n) is 7.92. The lowest BCUT2D eigenvalue weighted by atomic mass is 10.0.